The molecule has 0 spiro atoms. The zero-order valence-corrected chi connectivity index (χ0v) is 15.5. The van der Waals surface area contributed by atoms with Crippen LogP contribution in [0.2, 0.25) is 0 Å². The predicted molar refractivity (Wildman–Crippen MR) is 87.9 cm³/mol. The third-order valence-electron chi connectivity index (χ3n) is 2.34. The summed E-state index contributed by atoms with van der Waals surface area (Å²) in [4.78, 5) is 29.3. The van der Waals surface area contributed by atoms with E-state index in [1.54, 1.807) is 20.8 Å². The Morgan fingerprint density at radius 3 is 2.04 bits per heavy atom. The lowest BCUT2D eigenvalue weighted by Gasteiger charge is -2.15. The molecule has 0 fully saturated rings. The molecule has 0 radical (unpaired) electrons. The Balaban J connectivity index is 0. The molecule has 1 unspecified atom stereocenters. The number of phosphoric ester groups is 1. The van der Waals surface area contributed by atoms with Gasteiger partial charge in [0.1, 0.15) is 0 Å². The topological polar surface area (TPSA) is 203 Å². The average Bonchev–Trinajstić information content (AvgIpc) is 2.42. The second-order valence-corrected chi connectivity index (χ2v) is 6.52. The van der Waals surface area contributed by atoms with E-state index in [0.29, 0.717) is 6.08 Å². The summed E-state index contributed by atoms with van der Waals surface area (Å²) in [6.07, 6.45) is 0.715. The highest BCUT2D eigenvalue weighted by Gasteiger charge is 2.20. The van der Waals surface area contributed by atoms with Crippen molar-refractivity contribution >= 4 is 19.8 Å². The van der Waals surface area contributed by atoms with Gasteiger partial charge in [0.05, 0.1) is 19.8 Å². The van der Waals surface area contributed by atoms with Crippen LogP contribution in [0.1, 0.15) is 20.8 Å². The Kier molecular flexibility index (Phi) is 13.3. The number of rotatable bonds is 11. The SMILES string of the molecule is CC(C)/C(=C\C(=O)O)C(=O)O.CCOP(=O)(O)OCCNCC(O)(O)O. The summed E-state index contributed by atoms with van der Waals surface area (Å²) in [7, 11) is -4.00. The number of aliphatic hydroxyl groups is 3. The minimum absolute atomic E-state index is 0.0498. The molecule has 0 aliphatic carbocycles. The van der Waals surface area contributed by atoms with Gasteiger partial charge in [-0.05, 0) is 12.8 Å². The first-order valence-electron chi connectivity index (χ1n) is 7.39. The van der Waals surface area contributed by atoms with E-state index < -0.39 is 32.3 Å². The molecule has 154 valence electrons. The lowest BCUT2D eigenvalue weighted by Crippen LogP contribution is -2.41. The number of aliphatic carboxylic acids is 2. The van der Waals surface area contributed by atoms with E-state index >= 15 is 0 Å². The van der Waals surface area contributed by atoms with E-state index in [2.05, 4.69) is 14.4 Å². The van der Waals surface area contributed by atoms with Crippen molar-refractivity contribution in [3.63, 3.8) is 0 Å². The smallest absolute Gasteiger partial charge is 0.472 e. The molecule has 7 N–H and O–H groups in total. The quantitative estimate of drug-likeness (QED) is 0.0970. The van der Waals surface area contributed by atoms with Crippen molar-refractivity contribution in [3.8, 4) is 0 Å². The van der Waals surface area contributed by atoms with Gasteiger partial charge in [0.25, 0.3) is 5.97 Å². The fourth-order valence-corrected chi connectivity index (χ4v) is 2.02. The van der Waals surface area contributed by atoms with Crippen LogP contribution in [0.4, 0.5) is 0 Å². The maximum absolute atomic E-state index is 10.9. The molecule has 0 aromatic rings. The predicted octanol–water partition coefficient (Wildman–Crippen LogP) is -0.902. The number of hydrogen-bond donors (Lipinski definition) is 7. The monoisotopic (exact) mass is 403 g/mol. The van der Waals surface area contributed by atoms with Crippen molar-refractivity contribution in [1.29, 1.82) is 0 Å². The molecule has 0 saturated carbocycles. The average molecular weight is 403 g/mol. The van der Waals surface area contributed by atoms with Crippen LogP contribution in [0.25, 0.3) is 0 Å². The van der Waals surface area contributed by atoms with E-state index in [0.717, 1.165) is 0 Å². The van der Waals surface area contributed by atoms with Gasteiger partial charge in [-0.15, -0.1) is 0 Å². The molecule has 1 atom stereocenters. The van der Waals surface area contributed by atoms with Crippen molar-refractivity contribution in [2.75, 3.05) is 26.3 Å². The van der Waals surface area contributed by atoms with Crippen LogP contribution in [0.3, 0.4) is 0 Å². The molecule has 0 aliphatic rings. The highest BCUT2D eigenvalue weighted by Crippen LogP contribution is 2.42. The van der Waals surface area contributed by atoms with Crippen LogP contribution in [-0.4, -0.2) is 74.6 Å². The molecule has 0 heterocycles. The Morgan fingerprint density at radius 2 is 1.73 bits per heavy atom. The van der Waals surface area contributed by atoms with Gasteiger partial charge < -0.3 is 35.7 Å². The number of phosphoric acid groups is 1. The molecule has 13 heteroatoms. The maximum atomic E-state index is 10.9. The van der Waals surface area contributed by atoms with Crippen LogP contribution in [0.5, 0.6) is 0 Å². The number of hydrogen-bond acceptors (Lipinski definition) is 9. The molecule has 0 bridgehead atoms. The Hall–Kier alpha value is -1.37. The molecule has 26 heavy (non-hydrogen) atoms. The normalized spacial score (nSPS) is 14.4. The van der Waals surface area contributed by atoms with Crippen molar-refractivity contribution in [2.24, 2.45) is 5.92 Å². The molecule has 12 nitrogen and oxygen atoms in total. The largest absolute Gasteiger partial charge is 0.478 e. The minimum atomic E-state index is -4.00. The molecular formula is C13H26NO11P. The number of carboxylic acids is 2. The van der Waals surface area contributed by atoms with E-state index in [-0.39, 0.29) is 31.2 Å². The highest BCUT2D eigenvalue weighted by atomic mass is 31.2. The molecule has 0 aromatic heterocycles. The number of carbonyl (C=O) groups is 2. The first-order valence-corrected chi connectivity index (χ1v) is 8.89. The zero-order valence-electron chi connectivity index (χ0n) is 14.7. The molecule has 0 saturated heterocycles. The van der Waals surface area contributed by atoms with Crippen LogP contribution in [0, 0.1) is 5.92 Å². The maximum Gasteiger partial charge on any atom is 0.472 e. The number of carboxylic acid groups (broad SMARTS) is 2. The third kappa shape index (κ3) is 17.5. The van der Waals surface area contributed by atoms with Crippen LogP contribution in [0.15, 0.2) is 11.6 Å². The zero-order chi connectivity index (χ0) is 21.0. The van der Waals surface area contributed by atoms with Crippen LogP contribution in [-0.2, 0) is 23.2 Å². The van der Waals surface area contributed by atoms with E-state index in [1.165, 1.54) is 0 Å². The summed E-state index contributed by atoms with van der Waals surface area (Å²) in [5.74, 6) is -5.48. The van der Waals surface area contributed by atoms with Gasteiger partial charge in [0.15, 0.2) is 0 Å². The first-order chi connectivity index (χ1) is 11.7. The van der Waals surface area contributed by atoms with E-state index in [9.17, 15) is 14.2 Å². The van der Waals surface area contributed by atoms with Gasteiger partial charge in [-0.25, -0.2) is 14.2 Å². The van der Waals surface area contributed by atoms with Crippen molar-refractivity contribution in [1.82, 2.24) is 5.32 Å². The van der Waals surface area contributed by atoms with E-state index in [1.807, 2.05) is 0 Å². The fraction of sp³-hybridized carbons (Fsp3) is 0.692. The summed E-state index contributed by atoms with van der Waals surface area (Å²) in [5, 5.41) is 44.4. The molecule has 0 aromatic carbocycles. The Morgan fingerprint density at radius 1 is 1.19 bits per heavy atom. The minimum Gasteiger partial charge on any atom is -0.478 e. The van der Waals surface area contributed by atoms with Crippen molar-refractivity contribution in [2.45, 2.75) is 26.7 Å². The highest BCUT2D eigenvalue weighted by molar-refractivity contribution is 7.47. The van der Waals surface area contributed by atoms with Gasteiger partial charge in [0.2, 0.25) is 0 Å². The summed E-state index contributed by atoms with van der Waals surface area (Å²) in [6.45, 7) is 4.24. The Bertz CT molecular complexity index is 513. The van der Waals surface area contributed by atoms with Gasteiger partial charge in [-0.1, -0.05) is 13.8 Å². The lowest BCUT2D eigenvalue weighted by molar-refractivity contribution is -0.306. The number of nitrogens with one attached hydrogen (secondary N) is 1. The first kappa shape index (κ1) is 26.9. The summed E-state index contributed by atoms with van der Waals surface area (Å²) < 4.78 is 19.8. The molecule has 0 rings (SSSR count). The molecule has 0 aliphatic heterocycles. The second-order valence-electron chi connectivity index (χ2n) is 5.07. The summed E-state index contributed by atoms with van der Waals surface area (Å²) in [5.41, 5.74) is -0.0856. The molecular weight excluding hydrogens is 377 g/mol. The van der Waals surface area contributed by atoms with Crippen LogP contribution >= 0.6 is 7.82 Å². The second kappa shape index (κ2) is 12.9. The standard InChI is InChI=1S/C7H10O4.C6H16NO7P/c1-4(2)5(7(10)11)3-6(8)9;1-2-13-15(11,12)14-4-3-7-5-6(8,9)10/h3-4H,1-2H3,(H,8,9)(H,10,11);7-10H,2-5H2,1H3,(H,11,12)/b5-3+;. The Labute approximate surface area is 150 Å². The summed E-state index contributed by atoms with van der Waals surface area (Å²) >= 11 is 0. The fourth-order valence-electron chi connectivity index (χ4n) is 1.30. The summed E-state index contributed by atoms with van der Waals surface area (Å²) in [6, 6.07) is 0. The third-order valence-corrected chi connectivity index (χ3v) is 3.43. The van der Waals surface area contributed by atoms with Gasteiger partial charge in [-0.2, -0.15) is 0 Å². The van der Waals surface area contributed by atoms with Crippen molar-refractivity contribution in [3.05, 3.63) is 11.6 Å². The van der Waals surface area contributed by atoms with Gasteiger partial charge >= 0.3 is 19.8 Å². The lowest BCUT2D eigenvalue weighted by atomic mass is 10.0. The van der Waals surface area contributed by atoms with Gasteiger partial charge in [-0.3, -0.25) is 9.05 Å². The van der Waals surface area contributed by atoms with E-state index in [4.69, 9.17) is 30.4 Å². The van der Waals surface area contributed by atoms with Crippen molar-refractivity contribution < 1.29 is 53.6 Å². The van der Waals surface area contributed by atoms with Crippen LogP contribution < -0.4 is 5.32 Å². The molecule has 0 amide bonds. The van der Waals surface area contributed by atoms with Gasteiger partial charge in [0, 0.05) is 18.2 Å².